The quantitative estimate of drug-likeness (QED) is 0.859. The number of carbonyl (C=O) groups is 1. The third-order valence-corrected chi connectivity index (χ3v) is 3.68. The maximum absolute atomic E-state index is 11.1. The minimum absolute atomic E-state index is 0.374. The van der Waals surface area contributed by atoms with Crippen molar-refractivity contribution in [1.29, 1.82) is 0 Å². The van der Waals surface area contributed by atoms with Crippen LogP contribution in [-0.4, -0.2) is 5.91 Å². The van der Waals surface area contributed by atoms with Gasteiger partial charge >= 0.3 is 0 Å². The van der Waals surface area contributed by atoms with E-state index >= 15 is 0 Å². The molecular formula is C19H23NO2. The maximum Gasteiger partial charge on any atom is 0.248 e. The Balaban J connectivity index is 2.41. The van der Waals surface area contributed by atoms with Crippen molar-refractivity contribution in [2.45, 2.75) is 39.5 Å². The predicted molar refractivity (Wildman–Crippen MR) is 89.7 cm³/mol. The van der Waals surface area contributed by atoms with Crippen LogP contribution in [0.2, 0.25) is 0 Å². The van der Waals surface area contributed by atoms with Gasteiger partial charge in [0.25, 0.3) is 0 Å². The molecule has 0 saturated heterocycles. The summed E-state index contributed by atoms with van der Waals surface area (Å²) in [6, 6.07) is 13.2. The number of nitrogens with two attached hydrogens (primary N) is 1. The Morgan fingerprint density at radius 1 is 0.909 bits per heavy atom. The van der Waals surface area contributed by atoms with Crippen LogP contribution in [0.15, 0.2) is 42.5 Å². The van der Waals surface area contributed by atoms with Crippen molar-refractivity contribution >= 4 is 5.91 Å². The molecule has 0 saturated carbocycles. The second kappa shape index (κ2) is 6.65. The number of primary amides is 1. The standard InChI is InChI=1S/C19H23NO2/c1-12(2)16-6-5-7-17(13(3)4)18(16)22-15-10-8-14(9-11-15)19(20)21/h5-13H,1-4H3,(H2,20,21). The SMILES string of the molecule is CC(C)c1cccc(C(C)C)c1Oc1ccc(C(N)=O)cc1. The molecule has 0 spiro atoms. The van der Waals surface area contributed by atoms with Gasteiger partial charge in [-0.2, -0.15) is 0 Å². The molecule has 0 atom stereocenters. The topological polar surface area (TPSA) is 52.3 Å². The zero-order valence-corrected chi connectivity index (χ0v) is 13.6. The second-order valence-corrected chi connectivity index (χ2v) is 6.07. The number of rotatable bonds is 5. The van der Waals surface area contributed by atoms with Gasteiger partial charge in [-0.25, -0.2) is 0 Å². The van der Waals surface area contributed by atoms with E-state index in [1.165, 1.54) is 11.1 Å². The summed E-state index contributed by atoms with van der Waals surface area (Å²) >= 11 is 0. The molecule has 0 aliphatic carbocycles. The van der Waals surface area contributed by atoms with Crippen LogP contribution in [0.25, 0.3) is 0 Å². The Morgan fingerprint density at radius 3 is 1.82 bits per heavy atom. The van der Waals surface area contributed by atoms with Gasteiger partial charge in [-0.15, -0.1) is 0 Å². The average Bonchev–Trinajstić information content (AvgIpc) is 2.47. The predicted octanol–water partition coefficient (Wildman–Crippen LogP) is 4.82. The van der Waals surface area contributed by atoms with E-state index in [-0.39, 0.29) is 0 Å². The highest BCUT2D eigenvalue weighted by Crippen LogP contribution is 2.37. The molecule has 2 rings (SSSR count). The van der Waals surface area contributed by atoms with Gasteiger partial charge in [-0.3, -0.25) is 4.79 Å². The number of benzene rings is 2. The molecule has 1 amide bonds. The minimum atomic E-state index is -0.433. The molecular weight excluding hydrogens is 274 g/mol. The summed E-state index contributed by atoms with van der Waals surface area (Å²) in [4.78, 5) is 11.1. The summed E-state index contributed by atoms with van der Waals surface area (Å²) in [7, 11) is 0. The van der Waals surface area contributed by atoms with E-state index in [9.17, 15) is 4.79 Å². The molecule has 22 heavy (non-hydrogen) atoms. The van der Waals surface area contributed by atoms with Crippen LogP contribution in [-0.2, 0) is 0 Å². The Morgan fingerprint density at radius 2 is 1.41 bits per heavy atom. The Hall–Kier alpha value is -2.29. The third-order valence-electron chi connectivity index (χ3n) is 3.68. The largest absolute Gasteiger partial charge is 0.457 e. The third kappa shape index (κ3) is 3.48. The van der Waals surface area contributed by atoms with E-state index in [4.69, 9.17) is 10.5 Å². The van der Waals surface area contributed by atoms with Crippen LogP contribution >= 0.6 is 0 Å². The molecule has 2 aromatic rings. The first-order chi connectivity index (χ1) is 10.4. The highest BCUT2D eigenvalue weighted by molar-refractivity contribution is 5.92. The van der Waals surface area contributed by atoms with Crippen LogP contribution in [0.5, 0.6) is 11.5 Å². The maximum atomic E-state index is 11.1. The van der Waals surface area contributed by atoms with Crippen LogP contribution in [0.3, 0.4) is 0 Å². The van der Waals surface area contributed by atoms with Crippen molar-refractivity contribution in [2.24, 2.45) is 5.73 Å². The highest BCUT2D eigenvalue weighted by Gasteiger charge is 2.15. The first-order valence-corrected chi connectivity index (χ1v) is 7.60. The van der Waals surface area contributed by atoms with Gasteiger partial charge in [0.05, 0.1) is 0 Å². The first kappa shape index (κ1) is 16.1. The van der Waals surface area contributed by atoms with Crippen molar-refractivity contribution < 1.29 is 9.53 Å². The fraction of sp³-hybridized carbons (Fsp3) is 0.316. The summed E-state index contributed by atoms with van der Waals surface area (Å²) in [6.07, 6.45) is 0. The summed E-state index contributed by atoms with van der Waals surface area (Å²) in [5.41, 5.74) is 8.12. The highest BCUT2D eigenvalue weighted by atomic mass is 16.5. The van der Waals surface area contributed by atoms with Crippen LogP contribution in [0, 0.1) is 0 Å². The molecule has 2 N–H and O–H groups in total. The van der Waals surface area contributed by atoms with E-state index in [0.29, 0.717) is 23.1 Å². The molecule has 0 fully saturated rings. The van der Waals surface area contributed by atoms with Gasteiger partial charge in [0.1, 0.15) is 11.5 Å². The normalized spacial score (nSPS) is 11.0. The molecule has 0 radical (unpaired) electrons. The Labute approximate surface area is 132 Å². The van der Waals surface area contributed by atoms with Crippen LogP contribution in [0.4, 0.5) is 0 Å². The minimum Gasteiger partial charge on any atom is -0.457 e. The van der Waals surface area contributed by atoms with Crippen molar-refractivity contribution in [3.05, 3.63) is 59.2 Å². The van der Waals surface area contributed by atoms with E-state index in [0.717, 1.165) is 5.75 Å². The lowest BCUT2D eigenvalue weighted by atomic mass is 9.94. The van der Waals surface area contributed by atoms with Crippen molar-refractivity contribution in [3.63, 3.8) is 0 Å². The molecule has 0 bridgehead atoms. The lowest BCUT2D eigenvalue weighted by molar-refractivity contribution is 0.100. The van der Waals surface area contributed by atoms with Gasteiger partial charge in [0, 0.05) is 5.56 Å². The number of hydrogen-bond donors (Lipinski definition) is 1. The van der Waals surface area contributed by atoms with Gasteiger partial charge < -0.3 is 10.5 Å². The Bertz CT molecular complexity index is 631. The number of ether oxygens (including phenoxy) is 1. The molecule has 0 unspecified atom stereocenters. The molecule has 116 valence electrons. The van der Waals surface area contributed by atoms with Gasteiger partial charge in [0.15, 0.2) is 0 Å². The molecule has 0 aliphatic rings. The van der Waals surface area contributed by atoms with E-state index in [2.05, 4.69) is 45.9 Å². The lowest BCUT2D eigenvalue weighted by Crippen LogP contribution is -2.10. The molecule has 0 heterocycles. The van der Waals surface area contributed by atoms with Crippen molar-refractivity contribution in [1.82, 2.24) is 0 Å². The number of hydrogen-bond acceptors (Lipinski definition) is 2. The van der Waals surface area contributed by atoms with E-state index in [1.807, 2.05) is 0 Å². The number of carbonyl (C=O) groups excluding carboxylic acids is 1. The summed E-state index contributed by atoms with van der Waals surface area (Å²) < 4.78 is 6.15. The lowest BCUT2D eigenvalue weighted by Gasteiger charge is -2.19. The average molecular weight is 297 g/mol. The molecule has 3 nitrogen and oxygen atoms in total. The summed E-state index contributed by atoms with van der Waals surface area (Å²) in [5, 5.41) is 0. The summed E-state index contributed by atoms with van der Waals surface area (Å²) in [5.74, 6) is 1.94. The van der Waals surface area contributed by atoms with Crippen molar-refractivity contribution in [2.75, 3.05) is 0 Å². The number of para-hydroxylation sites is 1. The molecule has 0 aromatic heterocycles. The Kier molecular flexibility index (Phi) is 4.86. The van der Waals surface area contributed by atoms with Gasteiger partial charge in [-0.05, 0) is 47.2 Å². The number of amides is 1. The van der Waals surface area contributed by atoms with Crippen LogP contribution in [0.1, 0.15) is 61.0 Å². The smallest absolute Gasteiger partial charge is 0.248 e. The second-order valence-electron chi connectivity index (χ2n) is 6.07. The van der Waals surface area contributed by atoms with E-state index in [1.54, 1.807) is 24.3 Å². The zero-order chi connectivity index (χ0) is 16.3. The molecule has 2 aromatic carbocycles. The monoisotopic (exact) mass is 297 g/mol. The summed E-state index contributed by atoms with van der Waals surface area (Å²) in [6.45, 7) is 8.62. The fourth-order valence-corrected chi connectivity index (χ4v) is 2.41. The molecule has 0 aliphatic heterocycles. The van der Waals surface area contributed by atoms with Crippen LogP contribution < -0.4 is 10.5 Å². The fourth-order valence-electron chi connectivity index (χ4n) is 2.41. The zero-order valence-electron chi connectivity index (χ0n) is 13.6. The van der Waals surface area contributed by atoms with Gasteiger partial charge in [-0.1, -0.05) is 45.9 Å². The first-order valence-electron chi connectivity index (χ1n) is 7.60. The van der Waals surface area contributed by atoms with Crippen molar-refractivity contribution in [3.8, 4) is 11.5 Å². The molecule has 3 heteroatoms. The van der Waals surface area contributed by atoms with Gasteiger partial charge in [0.2, 0.25) is 5.91 Å². The van der Waals surface area contributed by atoms with E-state index < -0.39 is 5.91 Å².